The largest absolute Gasteiger partial charge is 0.369 e. The average molecular weight is 304 g/mol. The number of hydrogen-bond donors (Lipinski definition) is 1. The van der Waals surface area contributed by atoms with Crippen LogP contribution in [-0.2, 0) is 14.3 Å². The van der Waals surface area contributed by atoms with Crippen molar-refractivity contribution in [3.8, 4) is 0 Å². The van der Waals surface area contributed by atoms with Gasteiger partial charge in [0.2, 0.25) is 0 Å². The summed E-state index contributed by atoms with van der Waals surface area (Å²) in [5, 5.41) is 3.22. The number of carbonyl (C=O) groups is 1. The molecule has 1 aromatic rings. The molecule has 2 aliphatic heterocycles. The number of amides is 1. The van der Waals surface area contributed by atoms with Gasteiger partial charge in [-0.25, -0.2) is 0 Å². The quantitative estimate of drug-likeness (QED) is 0.896. The van der Waals surface area contributed by atoms with Crippen molar-refractivity contribution in [2.75, 3.05) is 26.3 Å². The van der Waals surface area contributed by atoms with Crippen LogP contribution >= 0.6 is 0 Å². The summed E-state index contributed by atoms with van der Waals surface area (Å²) in [4.78, 5) is 14.8. The van der Waals surface area contributed by atoms with Crippen LogP contribution in [0.15, 0.2) is 30.3 Å². The molecule has 120 valence electrons. The zero-order chi connectivity index (χ0) is 15.5. The fourth-order valence-corrected chi connectivity index (χ4v) is 3.34. The lowest BCUT2D eigenvalue weighted by Gasteiger charge is -2.45. The minimum absolute atomic E-state index is 0.0100. The Kier molecular flexibility index (Phi) is 4.76. The normalized spacial score (nSPS) is 32.7. The lowest BCUT2D eigenvalue weighted by atomic mass is 9.98. The maximum absolute atomic E-state index is 12.9. The Hall–Kier alpha value is -1.43. The summed E-state index contributed by atoms with van der Waals surface area (Å²) >= 11 is 0. The topological polar surface area (TPSA) is 50.8 Å². The minimum Gasteiger partial charge on any atom is -0.369 e. The number of hydrogen-bond acceptors (Lipinski definition) is 4. The van der Waals surface area contributed by atoms with E-state index in [1.165, 1.54) is 0 Å². The van der Waals surface area contributed by atoms with Crippen LogP contribution in [-0.4, -0.2) is 55.3 Å². The van der Waals surface area contributed by atoms with Crippen molar-refractivity contribution in [3.63, 3.8) is 0 Å². The van der Waals surface area contributed by atoms with E-state index in [1.807, 2.05) is 30.0 Å². The van der Waals surface area contributed by atoms with E-state index in [0.717, 1.165) is 12.1 Å². The molecule has 0 unspecified atom stereocenters. The van der Waals surface area contributed by atoms with Crippen LogP contribution in [0.5, 0.6) is 0 Å². The molecule has 1 N–H and O–H groups in total. The van der Waals surface area contributed by atoms with Crippen molar-refractivity contribution in [1.29, 1.82) is 0 Å². The van der Waals surface area contributed by atoms with Gasteiger partial charge in [0.1, 0.15) is 12.2 Å². The molecule has 0 aromatic heterocycles. The van der Waals surface area contributed by atoms with Gasteiger partial charge in [-0.05, 0) is 19.4 Å². The molecule has 2 saturated heterocycles. The van der Waals surface area contributed by atoms with E-state index in [2.05, 4.69) is 24.4 Å². The number of morpholine rings is 2. The molecule has 1 aromatic carbocycles. The first-order valence-corrected chi connectivity index (χ1v) is 7.99. The third kappa shape index (κ3) is 3.02. The van der Waals surface area contributed by atoms with Crippen LogP contribution in [0.2, 0.25) is 0 Å². The number of benzene rings is 1. The molecule has 5 nitrogen and oxygen atoms in total. The van der Waals surface area contributed by atoms with E-state index < -0.39 is 0 Å². The third-order valence-corrected chi connectivity index (χ3v) is 4.45. The van der Waals surface area contributed by atoms with Crippen LogP contribution < -0.4 is 5.32 Å². The Morgan fingerprint density at radius 2 is 2.00 bits per heavy atom. The highest BCUT2D eigenvalue weighted by molar-refractivity contribution is 5.82. The summed E-state index contributed by atoms with van der Waals surface area (Å²) in [5.41, 5.74) is 1.11. The van der Waals surface area contributed by atoms with E-state index >= 15 is 0 Å². The highest BCUT2D eigenvalue weighted by Gasteiger charge is 2.40. The maximum atomic E-state index is 12.9. The Morgan fingerprint density at radius 1 is 1.23 bits per heavy atom. The standard InChI is InChI=1S/C17H24N2O3/c1-12-11-22-16(14-6-4-3-5-7-14)13(2)19(12)17(20)15-10-18-8-9-21-15/h3-7,12-13,15-16,18H,8-11H2,1-2H3/t12-,13+,15-,16+/m1/s1. The molecule has 0 aliphatic carbocycles. The molecule has 5 heteroatoms. The number of ether oxygens (including phenoxy) is 2. The first-order chi connectivity index (χ1) is 10.7. The highest BCUT2D eigenvalue weighted by atomic mass is 16.5. The van der Waals surface area contributed by atoms with Gasteiger partial charge in [0, 0.05) is 13.1 Å². The summed E-state index contributed by atoms with van der Waals surface area (Å²) in [6, 6.07) is 10.2. The summed E-state index contributed by atoms with van der Waals surface area (Å²) < 4.78 is 11.6. The molecule has 4 atom stereocenters. The van der Waals surface area contributed by atoms with Crippen LogP contribution in [0, 0.1) is 0 Å². The zero-order valence-electron chi connectivity index (χ0n) is 13.2. The van der Waals surface area contributed by atoms with Crippen LogP contribution in [0.3, 0.4) is 0 Å². The summed E-state index contributed by atoms with van der Waals surface area (Å²) in [7, 11) is 0. The Labute approximate surface area is 131 Å². The number of nitrogens with one attached hydrogen (secondary N) is 1. The van der Waals surface area contributed by atoms with Crippen molar-refractivity contribution in [1.82, 2.24) is 10.2 Å². The molecule has 2 heterocycles. The van der Waals surface area contributed by atoms with Crippen molar-refractivity contribution in [2.45, 2.75) is 38.1 Å². The number of carbonyl (C=O) groups excluding carboxylic acids is 1. The van der Waals surface area contributed by atoms with Gasteiger partial charge in [-0.2, -0.15) is 0 Å². The van der Waals surface area contributed by atoms with Crippen molar-refractivity contribution >= 4 is 5.91 Å². The van der Waals surface area contributed by atoms with Gasteiger partial charge in [-0.3, -0.25) is 4.79 Å². The van der Waals surface area contributed by atoms with E-state index in [4.69, 9.17) is 9.47 Å². The van der Waals surface area contributed by atoms with Gasteiger partial charge in [0.15, 0.2) is 0 Å². The fraction of sp³-hybridized carbons (Fsp3) is 0.588. The van der Waals surface area contributed by atoms with Crippen molar-refractivity contribution in [3.05, 3.63) is 35.9 Å². The van der Waals surface area contributed by atoms with E-state index in [1.54, 1.807) is 0 Å². The molecule has 0 bridgehead atoms. The van der Waals surface area contributed by atoms with E-state index in [0.29, 0.717) is 19.8 Å². The second kappa shape index (κ2) is 6.77. The predicted molar refractivity (Wildman–Crippen MR) is 83.5 cm³/mol. The lowest BCUT2D eigenvalue weighted by Crippen LogP contribution is -2.59. The average Bonchev–Trinajstić information content (AvgIpc) is 2.56. The molecule has 1 amide bonds. The molecule has 2 fully saturated rings. The second-order valence-electron chi connectivity index (χ2n) is 6.06. The fourth-order valence-electron chi connectivity index (χ4n) is 3.34. The predicted octanol–water partition coefficient (Wildman–Crippen LogP) is 1.35. The SMILES string of the molecule is C[C@@H]1CO[C@H](c2ccccc2)[C@H](C)N1C(=O)[C@H]1CNCCO1. The summed E-state index contributed by atoms with van der Waals surface area (Å²) in [6.07, 6.45) is -0.467. The van der Waals surface area contributed by atoms with Gasteiger partial charge >= 0.3 is 0 Å². The molecule has 0 radical (unpaired) electrons. The van der Waals surface area contributed by atoms with Gasteiger partial charge in [0.25, 0.3) is 5.91 Å². The Bertz CT molecular complexity index is 502. The smallest absolute Gasteiger partial charge is 0.253 e. The first kappa shape index (κ1) is 15.5. The van der Waals surface area contributed by atoms with E-state index in [9.17, 15) is 4.79 Å². The van der Waals surface area contributed by atoms with Crippen LogP contribution in [0.25, 0.3) is 0 Å². The van der Waals surface area contributed by atoms with Crippen LogP contribution in [0.4, 0.5) is 0 Å². The minimum atomic E-state index is -0.381. The van der Waals surface area contributed by atoms with E-state index in [-0.39, 0.29) is 30.2 Å². The second-order valence-corrected chi connectivity index (χ2v) is 6.06. The van der Waals surface area contributed by atoms with Crippen molar-refractivity contribution in [2.24, 2.45) is 0 Å². The van der Waals surface area contributed by atoms with Gasteiger partial charge in [0.05, 0.1) is 25.3 Å². The maximum Gasteiger partial charge on any atom is 0.253 e. The lowest BCUT2D eigenvalue weighted by molar-refractivity contribution is -0.166. The number of nitrogens with zero attached hydrogens (tertiary/aromatic N) is 1. The monoisotopic (exact) mass is 304 g/mol. The molecular weight excluding hydrogens is 280 g/mol. The third-order valence-electron chi connectivity index (χ3n) is 4.45. The Balaban J connectivity index is 1.78. The number of rotatable bonds is 2. The summed E-state index contributed by atoms with van der Waals surface area (Å²) in [6.45, 7) is 6.63. The summed E-state index contributed by atoms with van der Waals surface area (Å²) in [5.74, 6) is 0.0661. The van der Waals surface area contributed by atoms with Gasteiger partial charge < -0.3 is 19.7 Å². The molecule has 3 rings (SSSR count). The Morgan fingerprint density at radius 3 is 2.68 bits per heavy atom. The highest BCUT2D eigenvalue weighted by Crippen LogP contribution is 2.31. The zero-order valence-corrected chi connectivity index (χ0v) is 13.2. The van der Waals surface area contributed by atoms with Gasteiger partial charge in [-0.1, -0.05) is 30.3 Å². The first-order valence-electron chi connectivity index (χ1n) is 7.99. The molecule has 22 heavy (non-hydrogen) atoms. The van der Waals surface area contributed by atoms with Crippen molar-refractivity contribution < 1.29 is 14.3 Å². The molecule has 0 saturated carbocycles. The molecule has 2 aliphatic rings. The van der Waals surface area contributed by atoms with Crippen LogP contribution in [0.1, 0.15) is 25.5 Å². The van der Waals surface area contributed by atoms with Gasteiger partial charge in [-0.15, -0.1) is 0 Å². The molecule has 0 spiro atoms. The molecular formula is C17H24N2O3.